The van der Waals surface area contributed by atoms with Crippen LogP contribution in [0.5, 0.6) is 17.2 Å². The Morgan fingerprint density at radius 2 is 1.70 bits per heavy atom. The number of carbonyl (C=O) groups excluding carboxylic acids is 3. The van der Waals surface area contributed by atoms with E-state index in [-0.39, 0.29) is 56.5 Å². The van der Waals surface area contributed by atoms with Gasteiger partial charge in [-0.3, -0.25) is 9.59 Å². The van der Waals surface area contributed by atoms with Gasteiger partial charge in [0.05, 0.1) is 32.0 Å². The number of aliphatic hydroxyl groups excluding tert-OH is 1. The number of likely N-dealkylation sites (N-methyl/N-ethyl adjacent to an activating group) is 1. The Balaban J connectivity index is 1.34. The molecule has 11 heteroatoms. The number of anilines is 2. The molecule has 0 saturated heterocycles. The summed E-state index contributed by atoms with van der Waals surface area (Å²) in [5, 5.41) is 15.7. The molecule has 2 heterocycles. The van der Waals surface area contributed by atoms with E-state index >= 15 is 0 Å². The lowest BCUT2D eigenvalue weighted by Gasteiger charge is -2.34. The SMILES string of the molecule is C[C@@H]1CN([C@@H](C)CO)C(=O)Cc2cc(NC(=O)Cc3ccccc3)ccc2O[C@@H]1CN(C)C(=O)Nc1ccc2c(c1)OCO2. The van der Waals surface area contributed by atoms with Gasteiger partial charge in [-0.2, -0.15) is 0 Å². The number of nitrogens with zero attached hydrogens (tertiary/aromatic N) is 2. The van der Waals surface area contributed by atoms with Crippen molar-refractivity contribution >= 4 is 29.2 Å². The van der Waals surface area contributed by atoms with E-state index in [2.05, 4.69) is 10.6 Å². The van der Waals surface area contributed by atoms with Gasteiger partial charge in [-0.15, -0.1) is 0 Å². The van der Waals surface area contributed by atoms with Crippen LogP contribution in [0.4, 0.5) is 16.2 Å². The predicted molar refractivity (Wildman–Crippen MR) is 165 cm³/mol. The van der Waals surface area contributed by atoms with E-state index in [1.807, 2.05) is 37.3 Å². The van der Waals surface area contributed by atoms with Crippen molar-refractivity contribution in [2.24, 2.45) is 5.92 Å². The van der Waals surface area contributed by atoms with Crippen LogP contribution >= 0.6 is 0 Å². The largest absolute Gasteiger partial charge is 0.488 e. The molecule has 2 aliphatic heterocycles. The third kappa shape index (κ3) is 7.41. The summed E-state index contributed by atoms with van der Waals surface area (Å²) in [5.41, 5.74) is 2.61. The first-order chi connectivity index (χ1) is 21.2. The Bertz CT molecular complexity index is 1500. The fourth-order valence-electron chi connectivity index (χ4n) is 5.26. The van der Waals surface area contributed by atoms with Crippen molar-refractivity contribution in [1.29, 1.82) is 0 Å². The zero-order chi connectivity index (χ0) is 31.2. The third-order valence-corrected chi connectivity index (χ3v) is 7.83. The topological polar surface area (TPSA) is 130 Å². The molecule has 0 bridgehead atoms. The zero-order valence-electron chi connectivity index (χ0n) is 25.1. The monoisotopic (exact) mass is 602 g/mol. The number of aliphatic hydroxyl groups is 1. The lowest BCUT2D eigenvalue weighted by molar-refractivity contribution is -0.134. The molecular formula is C33H38N4O7. The third-order valence-electron chi connectivity index (χ3n) is 7.83. The summed E-state index contributed by atoms with van der Waals surface area (Å²) in [6, 6.07) is 19.1. The molecule has 4 amide bonds. The second kappa shape index (κ2) is 13.7. The number of benzene rings is 3. The van der Waals surface area contributed by atoms with E-state index in [1.54, 1.807) is 55.3 Å². The highest BCUT2D eigenvalue weighted by molar-refractivity contribution is 5.93. The van der Waals surface area contributed by atoms with E-state index in [1.165, 1.54) is 4.90 Å². The minimum Gasteiger partial charge on any atom is -0.488 e. The molecule has 0 fully saturated rings. The van der Waals surface area contributed by atoms with Gasteiger partial charge in [-0.1, -0.05) is 37.3 Å². The maximum Gasteiger partial charge on any atom is 0.321 e. The van der Waals surface area contributed by atoms with Crippen LogP contribution in [0.1, 0.15) is 25.0 Å². The number of ether oxygens (including phenoxy) is 3. The molecule has 0 radical (unpaired) electrons. The molecule has 0 spiro atoms. The highest BCUT2D eigenvalue weighted by Crippen LogP contribution is 2.34. The number of fused-ring (bicyclic) bond motifs is 2. The van der Waals surface area contributed by atoms with E-state index < -0.39 is 12.1 Å². The summed E-state index contributed by atoms with van der Waals surface area (Å²) in [7, 11) is 1.68. The fraction of sp³-hybridized carbons (Fsp3) is 0.364. The first kappa shape index (κ1) is 30.7. The summed E-state index contributed by atoms with van der Waals surface area (Å²) in [5.74, 6) is 1.16. The molecule has 3 N–H and O–H groups in total. The molecule has 0 saturated carbocycles. The number of urea groups is 1. The minimum atomic E-state index is -0.487. The maximum absolute atomic E-state index is 13.5. The van der Waals surface area contributed by atoms with Gasteiger partial charge >= 0.3 is 6.03 Å². The Hall–Kier alpha value is -4.77. The number of nitrogens with one attached hydrogen (secondary N) is 2. The molecule has 11 nitrogen and oxygen atoms in total. The molecule has 3 aromatic rings. The lowest BCUT2D eigenvalue weighted by atomic mass is 10.0. The molecule has 232 valence electrons. The van der Waals surface area contributed by atoms with Crippen LogP contribution < -0.4 is 24.8 Å². The molecule has 3 atom stereocenters. The van der Waals surface area contributed by atoms with Crippen LogP contribution in [0.25, 0.3) is 0 Å². The van der Waals surface area contributed by atoms with Crippen molar-refractivity contribution in [3.8, 4) is 17.2 Å². The molecule has 5 rings (SSSR count). The fourth-order valence-corrected chi connectivity index (χ4v) is 5.26. The van der Waals surface area contributed by atoms with Crippen LogP contribution in [0, 0.1) is 5.92 Å². The zero-order valence-corrected chi connectivity index (χ0v) is 25.1. The summed E-state index contributed by atoms with van der Waals surface area (Å²) in [6.07, 6.45) is -0.240. The average molecular weight is 603 g/mol. The Kier molecular flexibility index (Phi) is 9.54. The quantitative estimate of drug-likeness (QED) is 0.357. The summed E-state index contributed by atoms with van der Waals surface area (Å²) < 4.78 is 17.3. The number of amides is 4. The molecular weight excluding hydrogens is 564 g/mol. The lowest BCUT2D eigenvalue weighted by Crippen LogP contribution is -2.48. The summed E-state index contributed by atoms with van der Waals surface area (Å²) in [6.45, 7) is 4.26. The normalized spacial score (nSPS) is 18.2. The molecule has 0 aliphatic carbocycles. The standard InChI is InChI=1S/C33H38N4O7/c1-21-17-37(22(2)19-38)32(40)15-24-14-25(34-31(39)13-23-7-5-4-6-8-23)9-11-27(24)44-30(21)18-36(3)33(41)35-26-10-12-28-29(16-26)43-20-42-28/h4-12,14,16,21-22,30,38H,13,15,17-20H2,1-3H3,(H,34,39)(H,35,41)/t21-,22+,30-/m1/s1. The van der Waals surface area contributed by atoms with Gasteiger partial charge in [-0.25, -0.2) is 4.79 Å². The van der Waals surface area contributed by atoms with E-state index in [9.17, 15) is 19.5 Å². The second-order valence-corrected chi connectivity index (χ2v) is 11.3. The van der Waals surface area contributed by atoms with Gasteiger partial charge in [0, 0.05) is 42.5 Å². The molecule has 44 heavy (non-hydrogen) atoms. The van der Waals surface area contributed by atoms with Crippen molar-refractivity contribution in [3.05, 3.63) is 77.9 Å². The van der Waals surface area contributed by atoms with Gasteiger partial charge in [0.25, 0.3) is 0 Å². The van der Waals surface area contributed by atoms with E-state index in [4.69, 9.17) is 14.2 Å². The predicted octanol–water partition coefficient (Wildman–Crippen LogP) is 3.91. The number of carbonyl (C=O) groups is 3. The summed E-state index contributed by atoms with van der Waals surface area (Å²) in [4.78, 5) is 42.6. The van der Waals surface area contributed by atoms with E-state index in [0.29, 0.717) is 40.7 Å². The maximum atomic E-state index is 13.5. The van der Waals surface area contributed by atoms with Crippen LogP contribution in [0.15, 0.2) is 66.7 Å². The Labute approximate surface area is 256 Å². The van der Waals surface area contributed by atoms with Crippen LogP contribution in [0.2, 0.25) is 0 Å². The van der Waals surface area contributed by atoms with Crippen molar-refractivity contribution < 1.29 is 33.7 Å². The van der Waals surface area contributed by atoms with Gasteiger partial charge in [0.2, 0.25) is 18.6 Å². The van der Waals surface area contributed by atoms with Gasteiger partial charge in [0.1, 0.15) is 11.9 Å². The van der Waals surface area contributed by atoms with Crippen molar-refractivity contribution in [2.75, 3.05) is 44.2 Å². The molecule has 3 aromatic carbocycles. The minimum absolute atomic E-state index is 0.0297. The number of rotatable bonds is 8. The number of hydrogen-bond acceptors (Lipinski definition) is 7. The first-order valence-corrected chi connectivity index (χ1v) is 14.7. The highest BCUT2D eigenvalue weighted by atomic mass is 16.7. The van der Waals surface area contributed by atoms with E-state index in [0.717, 1.165) is 5.56 Å². The number of hydrogen-bond donors (Lipinski definition) is 3. The average Bonchev–Trinajstić information content (AvgIpc) is 3.49. The van der Waals surface area contributed by atoms with Crippen molar-refractivity contribution in [2.45, 2.75) is 38.8 Å². The van der Waals surface area contributed by atoms with Gasteiger partial charge < -0.3 is 39.8 Å². The first-order valence-electron chi connectivity index (χ1n) is 14.7. The Morgan fingerprint density at radius 1 is 1.00 bits per heavy atom. The highest BCUT2D eigenvalue weighted by Gasteiger charge is 2.32. The van der Waals surface area contributed by atoms with Crippen LogP contribution in [-0.2, 0) is 22.4 Å². The summed E-state index contributed by atoms with van der Waals surface area (Å²) >= 11 is 0. The van der Waals surface area contributed by atoms with Crippen molar-refractivity contribution in [1.82, 2.24) is 9.80 Å². The Morgan fingerprint density at radius 3 is 2.45 bits per heavy atom. The van der Waals surface area contributed by atoms with Gasteiger partial charge in [0.15, 0.2) is 11.5 Å². The van der Waals surface area contributed by atoms with Gasteiger partial charge in [-0.05, 0) is 42.8 Å². The van der Waals surface area contributed by atoms with Crippen LogP contribution in [-0.4, -0.2) is 78.4 Å². The molecule has 0 unspecified atom stereocenters. The molecule has 2 aliphatic rings. The van der Waals surface area contributed by atoms with Crippen LogP contribution in [0.3, 0.4) is 0 Å². The molecule has 0 aromatic heterocycles. The van der Waals surface area contributed by atoms with Crippen molar-refractivity contribution in [3.63, 3.8) is 0 Å². The smallest absolute Gasteiger partial charge is 0.321 e. The second-order valence-electron chi connectivity index (χ2n) is 11.3.